The Morgan fingerprint density at radius 3 is 2.58 bits per heavy atom. The molecule has 2 aromatic rings. The molecule has 0 saturated heterocycles. The van der Waals surface area contributed by atoms with Gasteiger partial charge in [-0.2, -0.15) is 0 Å². The lowest BCUT2D eigenvalue weighted by Gasteiger charge is -2.18. The number of benzene rings is 2. The lowest BCUT2D eigenvalue weighted by molar-refractivity contribution is -0.113. The van der Waals surface area contributed by atoms with Gasteiger partial charge in [-0.05, 0) is 54.1 Å². The van der Waals surface area contributed by atoms with Crippen LogP contribution in [0.3, 0.4) is 0 Å². The summed E-state index contributed by atoms with van der Waals surface area (Å²) in [6.07, 6.45) is 1.79. The molecular formula is C20H19ClN2O2S. The summed E-state index contributed by atoms with van der Waals surface area (Å²) in [5.41, 5.74) is 2.99. The Morgan fingerprint density at radius 1 is 1.23 bits per heavy atom. The van der Waals surface area contributed by atoms with Gasteiger partial charge < -0.3 is 4.74 Å². The number of rotatable bonds is 4. The van der Waals surface area contributed by atoms with Crippen LogP contribution in [0.25, 0.3) is 6.08 Å². The second-order valence-corrected chi connectivity index (χ2v) is 7.34. The van der Waals surface area contributed by atoms with E-state index in [0.717, 1.165) is 28.3 Å². The minimum atomic E-state index is -0.156. The van der Waals surface area contributed by atoms with E-state index in [1.54, 1.807) is 24.2 Å². The molecule has 6 heteroatoms. The van der Waals surface area contributed by atoms with Gasteiger partial charge in [-0.15, -0.1) is 0 Å². The summed E-state index contributed by atoms with van der Waals surface area (Å²) in [5, 5.41) is 1.29. The number of halogens is 1. The zero-order chi connectivity index (χ0) is 18.7. The van der Waals surface area contributed by atoms with Gasteiger partial charge in [0.2, 0.25) is 0 Å². The Balaban J connectivity index is 1.96. The highest BCUT2D eigenvalue weighted by atomic mass is 35.5. The van der Waals surface area contributed by atoms with Crippen molar-refractivity contribution in [2.75, 3.05) is 17.8 Å². The number of hydrogen-bond donors (Lipinski definition) is 0. The SMILES string of the molecule is CCSC1=N/C(=C\c2ccc(OC)cc2)C(=O)N1c1ccc(C)c(Cl)c1. The number of ether oxygens (including phenoxy) is 1. The summed E-state index contributed by atoms with van der Waals surface area (Å²) < 4.78 is 5.17. The van der Waals surface area contributed by atoms with E-state index in [9.17, 15) is 4.79 Å². The fraction of sp³-hybridized carbons (Fsp3) is 0.200. The number of aliphatic imine (C=N–C) groups is 1. The van der Waals surface area contributed by atoms with Crippen LogP contribution in [0.4, 0.5) is 5.69 Å². The first-order valence-electron chi connectivity index (χ1n) is 8.21. The van der Waals surface area contributed by atoms with Crippen molar-refractivity contribution in [1.29, 1.82) is 0 Å². The second-order valence-electron chi connectivity index (χ2n) is 5.70. The number of thioether (sulfide) groups is 1. The van der Waals surface area contributed by atoms with E-state index in [2.05, 4.69) is 4.99 Å². The molecule has 1 aliphatic heterocycles. The van der Waals surface area contributed by atoms with Crippen LogP contribution in [0.1, 0.15) is 18.1 Å². The van der Waals surface area contributed by atoms with E-state index >= 15 is 0 Å². The molecule has 134 valence electrons. The van der Waals surface area contributed by atoms with Crippen LogP contribution in [-0.2, 0) is 4.79 Å². The zero-order valence-electron chi connectivity index (χ0n) is 14.8. The molecule has 0 N–H and O–H groups in total. The summed E-state index contributed by atoms with van der Waals surface area (Å²) in [5.74, 6) is 1.43. The van der Waals surface area contributed by atoms with Gasteiger partial charge in [-0.25, -0.2) is 4.99 Å². The van der Waals surface area contributed by atoms with Crippen molar-refractivity contribution in [2.24, 2.45) is 4.99 Å². The normalized spacial score (nSPS) is 15.5. The van der Waals surface area contributed by atoms with Gasteiger partial charge in [0.25, 0.3) is 5.91 Å². The second kappa shape index (κ2) is 7.98. The fourth-order valence-corrected chi connectivity index (χ4v) is 3.44. The number of hydrogen-bond acceptors (Lipinski definition) is 4. The largest absolute Gasteiger partial charge is 0.497 e. The van der Waals surface area contributed by atoms with Crippen molar-refractivity contribution in [3.63, 3.8) is 0 Å². The smallest absolute Gasteiger partial charge is 0.283 e. The Labute approximate surface area is 162 Å². The maximum absolute atomic E-state index is 13.0. The van der Waals surface area contributed by atoms with Crippen LogP contribution in [0.2, 0.25) is 5.02 Å². The Bertz CT molecular complexity index is 891. The molecule has 2 aromatic carbocycles. The molecule has 0 spiro atoms. The van der Waals surface area contributed by atoms with Gasteiger partial charge in [-0.3, -0.25) is 9.69 Å². The molecule has 0 aromatic heterocycles. The van der Waals surface area contributed by atoms with Crippen molar-refractivity contribution in [1.82, 2.24) is 0 Å². The van der Waals surface area contributed by atoms with E-state index in [1.807, 2.05) is 50.2 Å². The van der Waals surface area contributed by atoms with Crippen LogP contribution in [0, 0.1) is 6.92 Å². The molecule has 0 atom stereocenters. The standard InChI is InChI=1S/C20H19ClN2O2S/c1-4-26-20-22-18(11-14-6-9-16(25-3)10-7-14)19(24)23(20)15-8-5-13(2)17(21)12-15/h5-12H,4H2,1-3H3/b18-11-. The summed E-state index contributed by atoms with van der Waals surface area (Å²) in [6.45, 7) is 3.96. The monoisotopic (exact) mass is 386 g/mol. The Morgan fingerprint density at radius 2 is 1.96 bits per heavy atom. The molecule has 1 amide bonds. The Kier molecular flexibility index (Phi) is 5.69. The van der Waals surface area contributed by atoms with E-state index in [4.69, 9.17) is 16.3 Å². The third-order valence-corrected chi connectivity index (χ3v) is 5.16. The molecule has 0 unspecified atom stereocenters. The number of carbonyl (C=O) groups excluding carboxylic acids is 1. The van der Waals surface area contributed by atoms with Gasteiger partial charge in [-0.1, -0.05) is 48.5 Å². The molecule has 26 heavy (non-hydrogen) atoms. The van der Waals surface area contributed by atoms with Crippen molar-refractivity contribution in [3.8, 4) is 5.75 Å². The number of aryl methyl sites for hydroxylation is 1. The van der Waals surface area contributed by atoms with Crippen LogP contribution in [0.15, 0.2) is 53.2 Å². The summed E-state index contributed by atoms with van der Waals surface area (Å²) in [7, 11) is 1.62. The van der Waals surface area contributed by atoms with Crippen molar-refractivity contribution < 1.29 is 9.53 Å². The summed E-state index contributed by atoms with van der Waals surface area (Å²) >= 11 is 7.78. The van der Waals surface area contributed by atoms with Crippen LogP contribution < -0.4 is 9.64 Å². The van der Waals surface area contributed by atoms with Crippen molar-refractivity contribution in [3.05, 3.63) is 64.3 Å². The fourth-order valence-electron chi connectivity index (χ4n) is 2.53. The summed E-state index contributed by atoms with van der Waals surface area (Å²) in [4.78, 5) is 19.1. The molecule has 4 nitrogen and oxygen atoms in total. The average molecular weight is 387 g/mol. The van der Waals surface area contributed by atoms with Gasteiger partial charge in [0.1, 0.15) is 11.4 Å². The van der Waals surface area contributed by atoms with E-state index in [1.165, 1.54) is 11.8 Å². The molecule has 1 heterocycles. The molecule has 0 aliphatic carbocycles. The van der Waals surface area contributed by atoms with E-state index in [0.29, 0.717) is 15.9 Å². The lowest BCUT2D eigenvalue weighted by Crippen LogP contribution is -2.30. The maximum atomic E-state index is 13.0. The minimum Gasteiger partial charge on any atom is -0.497 e. The molecule has 0 radical (unpaired) electrons. The first-order chi connectivity index (χ1) is 12.5. The highest BCUT2D eigenvalue weighted by molar-refractivity contribution is 8.14. The van der Waals surface area contributed by atoms with Gasteiger partial charge in [0.15, 0.2) is 5.17 Å². The van der Waals surface area contributed by atoms with E-state index < -0.39 is 0 Å². The van der Waals surface area contributed by atoms with Crippen LogP contribution in [0.5, 0.6) is 5.75 Å². The number of amidine groups is 1. The highest BCUT2D eigenvalue weighted by Crippen LogP contribution is 2.31. The first-order valence-corrected chi connectivity index (χ1v) is 9.57. The zero-order valence-corrected chi connectivity index (χ0v) is 16.4. The van der Waals surface area contributed by atoms with Crippen molar-refractivity contribution in [2.45, 2.75) is 13.8 Å². The predicted molar refractivity (Wildman–Crippen MR) is 110 cm³/mol. The van der Waals surface area contributed by atoms with Crippen molar-refractivity contribution >= 4 is 46.2 Å². The molecule has 0 bridgehead atoms. The quantitative estimate of drug-likeness (QED) is 0.682. The van der Waals surface area contributed by atoms with Crippen LogP contribution >= 0.6 is 23.4 Å². The number of nitrogens with zero attached hydrogens (tertiary/aromatic N) is 2. The molecule has 3 rings (SSSR count). The van der Waals surface area contributed by atoms with Gasteiger partial charge >= 0.3 is 0 Å². The number of amides is 1. The Hall–Kier alpha value is -2.24. The topological polar surface area (TPSA) is 41.9 Å². The van der Waals surface area contributed by atoms with Gasteiger partial charge in [0.05, 0.1) is 12.8 Å². The minimum absolute atomic E-state index is 0.156. The maximum Gasteiger partial charge on any atom is 0.283 e. The van der Waals surface area contributed by atoms with Crippen LogP contribution in [-0.4, -0.2) is 23.9 Å². The third-order valence-electron chi connectivity index (χ3n) is 3.94. The van der Waals surface area contributed by atoms with Gasteiger partial charge in [0, 0.05) is 5.02 Å². The number of anilines is 1. The number of methoxy groups -OCH3 is 1. The number of carbonyl (C=O) groups is 1. The molecule has 0 fully saturated rings. The third kappa shape index (κ3) is 3.79. The first kappa shape index (κ1) is 18.5. The predicted octanol–water partition coefficient (Wildman–Crippen LogP) is 5.15. The molecule has 1 aliphatic rings. The summed E-state index contributed by atoms with van der Waals surface area (Å²) in [6, 6.07) is 13.1. The highest BCUT2D eigenvalue weighted by Gasteiger charge is 2.31. The van der Waals surface area contributed by atoms with E-state index in [-0.39, 0.29) is 5.91 Å². The molecular weight excluding hydrogens is 368 g/mol. The molecule has 0 saturated carbocycles. The lowest BCUT2D eigenvalue weighted by atomic mass is 10.1. The average Bonchev–Trinajstić information content (AvgIpc) is 2.94.